The van der Waals surface area contributed by atoms with E-state index in [0.717, 1.165) is 24.8 Å². The number of nitro groups is 1. The fourth-order valence-corrected chi connectivity index (χ4v) is 2.73. The molecule has 1 aliphatic heterocycles. The predicted molar refractivity (Wildman–Crippen MR) is 78.7 cm³/mol. The van der Waals surface area contributed by atoms with E-state index in [-0.39, 0.29) is 11.7 Å². The van der Waals surface area contributed by atoms with E-state index in [9.17, 15) is 14.9 Å². The molecular weight excluding hydrogens is 270 g/mol. The minimum Gasteiger partial charge on any atom is -0.453 e. The Kier molecular flexibility index (Phi) is 4.11. The molecule has 0 saturated carbocycles. The molecule has 5 nitrogen and oxygen atoms in total. The molecule has 1 aliphatic rings. The number of unbranched alkanes of at least 4 members (excludes halogenated alkanes) is 1. The zero-order chi connectivity index (χ0) is 15.6. The number of hydrogen-bond acceptors (Lipinski definition) is 4. The summed E-state index contributed by atoms with van der Waals surface area (Å²) in [7, 11) is 0. The van der Waals surface area contributed by atoms with Crippen LogP contribution in [0.1, 0.15) is 44.8 Å². The van der Waals surface area contributed by atoms with E-state index in [1.54, 1.807) is 12.1 Å². The second-order valence-electron chi connectivity index (χ2n) is 5.63. The summed E-state index contributed by atoms with van der Waals surface area (Å²) in [6.45, 7) is 7.94. The van der Waals surface area contributed by atoms with Crippen LogP contribution in [-0.4, -0.2) is 10.9 Å². The van der Waals surface area contributed by atoms with Gasteiger partial charge in [0.05, 0.1) is 4.92 Å². The highest BCUT2D eigenvalue weighted by molar-refractivity contribution is 5.92. The van der Waals surface area contributed by atoms with Gasteiger partial charge in [-0.05, 0) is 24.1 Å². The van der Waals surface area contributed by atoms with Crippen LogP contribution < -0.4 is 0 Å². The third kappa shape index (κ3) is 2.68. The zero-order valence-corrected chi connectivity index (χ0v) is 12.3. The van der Waals surface area contributed by atoms with Crippen molar-refractivity contribution in [3.05, 3.63) is 52.1 Å². The summed E-state index contributed by atoms with van der Waals surface area (Å²) >= 11 is 0. The topological polar surface area (TPSA) is 69.4 Å². The average molecular weight is 289 g/mol. The number of carbonyl (C=O) groups excluding carboxylic acids is 1. The molecule has 5 heteroatoms. The first-order valence-corrected chi connectivity index (χ1v) is 7.05. The first-order chi connectivity index (χ1) is 9.90. The van der Waals surface area contributed by atoms with E-state index in [1.165, 1.54) is 12.1 Å². The van der Waals surface area contributed by atoms with Crippen LogP contribution in [0.4, 0.5) is 5.69 Å². The van der Waals surface area contributed by atoms with Crippen LogP contribution >= 0.6 is 0 Å². The summed E-state index contributed by atoms with van der Waals surface area (Å²) in [4.78, 5) is 22.1. The second kappa shape index (κ2) is 5.68. The summed E-state index contributed by atoms with van der Waals surface area (Å²) < 4.78 is 5.46. The van der Waals surface area contributed by atoms with Gasteiger partial charge in [-0.1, -0.05) is 33.3 Å². The van der Waals surface area contributed by atoms with Crippen molar-refractivity contribution in [3.63, 3.8) is 0 Å². The summed E-state index contributed by atoms with van der Waals surface area (Å²) in [5.74, 6) is -0.378. The number of ether oxygens (including phenoxy) is 1. The number of carbonyl (C=O) groups is 1. The van der Waals surface area contributed by atoms with Crippen molar-refractivity contribution in [2.75, 3.05) is 0 Å². The Morgan fingerprint density at radius 3 is 2.52 bits per heavy atom. The number of esters is 1. The van der Waals surface area contributed by atoms with Gasteiger partial charge < -0.3 is 4.74 Å². The molecule has 112 valence electrons. The Morgan fingerprint density at radius 2 is 2.00 bits per heavy atom. The molecule has 1 saturated heterocycles. The molecule has 0 aliphatic carbocycles. The lowest BCUT2D eigenvalue weighted by molar-refractivity contribution is -0.384. The van der Waals surface area contributed by atoms with E-state index in [2.05, 4.69) is 13.5 Å². The van der Waals surface area contributed by atoms with E-state index >= 15 is 0 Å². The van der Waals surface area contributed by atoms with Crippen LogP contribution in [-0.2, 0) is 9.53 Å². The number of benzene rings is 1. The monoisotopic (exact) mass is 289 g/mol. The molecule has 0 bridgehead atoms. The molecule has 0 N–H and O–H groups in total. The quantitative estimate of drug-likeness (QED) is 0.356. The summed E-state index contributed by atoms with van der Waals surface area (Å²) in [6, 6.07) is 6.17. The molecule has 0 amide bonds. The maximum Gasteiger partial charge on any atom is 0.334 e. The number of nitro benzene ring substituents is 1. The molecule has 0 spiro atoms. The first-order valence-electron chi connectivity index (χ1n) is 7.05. The average Bonchev–Trinajstić information content (AvgIpc) is 2.70. The molecular formula is C16H19NO4. The van der Waals surface area contributed by atoms with E-state index < -0.39 is 16.4 Å². The van der Waals surface area contributed by atoms with Gasteiger partial charge in [-0.25, -0.2) is 4.79 Å². The Bertz CT molecular complexity index is 578. The number of rotatable bonds is 5. The SMILES string of the molecule is C=C1C(=O)O[C@@H](c2ccc([N+](=O)[O-])cc2)[C@@]1(C)CCCC. The van der Waals surface area contributed by atoms with Crippen LogP contribution in [0.25, 0.3) is 0 Å². The molecule has 1 heterocycles. The van der Waals surface area contributed by atoms with Crippen LogP contribution in [0.15, 0.2) is 36.4 Å². The smallest absolute Gasteiger partial charge is 0.334 e. The van der Waals surface area contributed by atoms with Gasteiger partial charge in [-0.15, -0.1) is 0 Å². The molecule has 0 radical (unpaired) electrons. The highest BCUT2D eigenvalue weighted by atomic mass is 16.6. The zero-order valence-electron chi connectivity index (χ0n) is 12.3. The Balaban J connectivity index is 2.33. The van der Waals surface area contributed by atoms with Crippen LogP contribution in [0, 0.1) is 15.5 Å². The molecule has 1 aromatic rings. The summed E-state index contributed by atoms with van der Waals surface area (Å²) in [5.41, 5.74) is 0.825. The first kappa shape index (κ1) is 15.2. The van der Waals surface area contributed by atoms with Crippen molar-refractivity contribution in [1.82, 2.24) is 0 Å². The van der Waals surface area contributed by atoms with E-state index in [0.29, 0.717) is 5.57 Å². The van der Waals surface area contributed by atoms with Crippen molar-refractivity contribution in [1.29, 1.82) is 0 Å². The van der Waals surface area contributed by atoms with Crippen LogP contribution in [0.3, 0.4) is 0 Å². The van der Waals surface area contributed by atoms with E-state index in [4.69, 9.17) is 4.74 Å². The van der Waals surface area contributed by atoms with Gasteiger partial charge in [-0.3, -0.25) is 10.1 Å². The van der Waals surface area contributed by atoms with Gasteiger partial charge in [0.1, 0.15) is 6.10 Å². The summed E-state index contributed by atoms with van der Waals surface area (Å²) in [6.07, 6.45) is 2.36. The van der Waals surface area contributed by atoms with Gasteiger partial charge in [-0.2, -0.15) is 0 Å². The number of nitrogens with zero attached hydrogens (tertiary/aromatic N) is 1. The molecule has 1 fully saturated rings. The highest BCUT2D eigenvalue weighted by Gasteiger charge is 2.49. The normalized spacial score (nSPS) is 25.0. The second-order valence-corrected chi connectivity index (χ2v) is 5.63. The molecule has 0 aromatic heterocycles. The Labute approximate surface area is 123 Å². The lowest BCUT2D eigenvalue weighted by Gasteiger charge is -2.29. The Morgan fingerprint density at radius 1 is 1.38 bits per heavy atom. The maximum absolute atomic E-state index is 11.9. The largest absolute Gasteiger partial charge is 0.453 e. The lowest BCUT2D eigenvalue weighted by atomic mass is 9.73. The summed E-state index contributed by atoms with van der Waals surface area (Å²) in [5, 5.41) is 10.7. The minimum absolute atomic E-state index is 0.0251. The molecule has 0 unspecified atom stereocenters. The van der Waals surface area contributed by atoms with Crippen molar-refractivity contribution in [3.8, 4) is 0 Å². The molecule has 2 atom stereocenters. The van der Waals surface area contributed by atoms with Gasteiger partial charge in [0.25, 0.3) is 5.69 Å². The molecule has 1 aromatic carbocycles. The van der Waals surface area contributed by atoms with E-state index in [1.807, 2.05) is 6.92 Å². The van der Waals surface area contributed by atoms with Crippen molar-refractivity contribution < 1.29 is 14.5 Å². The fourth-order valence-electron chi connectivity index (χ4n) is 2.73. The highest BCUT2D eigenvalue weighted by Crippen LogP contribution is 2.51. The van der Waals surface area contributed by atoms with Crippen LogP contribution in [0.2, 0.25) is 0 Å². The number of non-ortho nitro benzene ring substituents is 1. The van der Waals surface area contributed by atoms with Gasteiger partial charge in [0.2, 0.25) is 0 Å². The predicted octanol–water partition coefficient (Wildman–Crippen LogP) is 3.95. The van der Waals surface area contributed by atoms with Crippen molar-refractivity contribution >= 4 is 11.7 Å². The van der Waals surface area contributed by atoms with Gasteiger partial charge >= 0.3 is 5.97 Å². The van der Waals surface area contributed by atoms with Crippen molar-refractivity contribution in [2.45, 2.75) is 39.2 Å². The number of cyclic esters (lactones) is 1. The van der Waals surface area contributed by atoms with Gasteiger partial charge in [0, 0.05) is 23.1 Å². The number of hydrogen-bond donors (Lipinski definition) is 0. The van der Waals surface area contributed by atoms with Crippen molar-refractivity contribution in [2.24, 2.45) is 5.41 Å². The molecule has 2 rings (SSSR count). The third-order valence-electron chi connectivity index (χ3n) is 4.20. The minimum atomic E-state index is -0.455. The maximum atomic E-state index is 11.9. The fraction of sp³-hybridized carbons (Fsp3) is 0.438. The standard InChI is InChI=1S/C16H19NO4/c1-4-5-10-16(3)11(2)15(18)21-14(16)12-6-8-13(9-7-12)17(19)20/h6-9,14H,2,4-5,10H2,1,3H3/t14-,16-/m0/s1. The Hall–Kier alpha value is -2.17. The molecule has 21 heavy (non-hydrogen) atoms. The lowest BCUT2D eigenvalue weighted by Crippen LogP contribution is -2.22. The van der Waals surface area contributed by atoms with Gasteiger partial charge in [0.15, 0.2) is 0 Å². The third-order valence-corrected chi connectivity index (χ3v) is 4.20. The van der Waals surface area contributed by atoms with Crippen LogP contribution in [0.5, 0.6) is 0 Å².